The van der Waals surface area contributed by atoms with E-state index in [2.05, 4.69) is 6.58 Å². The van der Waals surface area contributed by atoms with Gasteiger partial charge in [0.2, 0.25) is 18.0 Å². The number of allylic oxidation sites excluding steroid dienone is 6. The van der Waals surface area contributed by atoms with Crippen LogP contribution < -0.4 is 0 Å². The normalized spacial score (nSPS) is 24.2. The van der Waals surface area contributed by atoms with E-state index in [1.165, 1.54) is 17.8 Å². The van der Waals surface area contributed by atoms with E-state index in [0.717, 1.165) is 6.41 Å². The molecule has 1 aliphatic heterocycles. The quantitative estimate of drug-likeness (QED) is 0.466. The lowest BCUT2D eigenvalue weighted by Crippen LogP contribution is -2.45. The molecule has 0 bridgehead atoms. The zero-order chi connectivity index (χ0) is 17.7. The molecule has 2 rings (SSSR count). The summed E-state index contributed by atoms with van der Waals surface area (Å²) in [6.45, 7) is 6.42. The first-order chi connectivity index (χ1) is 11.4. The molecule has 24 heavy (non-hydrogen) atoms. The van der Waals surface area contributed by atoms with Crippen molar-refractivity contribution in [1.82, 2.24) is 4.90 Å². The first-order valence-electron chi connectivity index (χ1n) is 7.79. The Bertz CT molecular complexity index is 652. The minimum atomic E-state index is -0.884. The Morgan fingerprint density at radius 1 is 1.33 bits per heavy atom. The summed E-state index contributed by atoms with van der Waals surface area (Å²) >= 11 is 1.36. The van der Waals surface area contributed by atoms with Crippen molar-refractivity contribution in [2.45, 2.75) is 25.4 Å². The molecule has 0 radical (unpaired) electrons. The van der Waals surface area contributed by atoms with Gasteiger partial charge < -0.3 is 10.0 Å². The molecule has 0 atom stereocenters. The van der Waals surface area contributed by atoms with Gasteiger partial charge >= 0.3 is 0 Å². The summed E-state index contributed by atoms with van der Waals surface area (Å²) in [6.07, 6.45) is 8.03. The number of ketones is 2. The molecule has 2 aliphatic rings. The van der Waals surface area contributed by atoms with Gasteiger partial charge in [0.15, 0.2) is 0 Å². The van der Waals surface area contributed by atoms with Gasteiger partial charge in [-0.1, -0.05) is 24.8 Å². The summed E-state index contributed by atoms with van der Waals surface area (Å²) in [5, 5.41) is 10.7. The largest absolute Gasteiger partial charge is 0.389 e. The van der Waals surface area contributed by atoms with E-state index >= 15 is 0 Å². The number of thioether (sulfide) groups is 1. The highest BCUT2D eigenvalue weighted by Crippen LogP contribution is 2.37. The number of carbonyl (C=O) groups excluding carboxylic acids is 3. The Hall–Kier alpha value is -1.92. The molecule has 5 nitrogen and oxygen atoms in total. The molecule has 128 valence electrons. The highest BCUT2D eigenvalue weighted by Gasteiger charge is 2.34. The lowest BCUT2D eigenvalue weighted by Gasteiger charge is -2.36. The summed E-state index contributed by atoms with van der Waals surface area (Å²) in [7, 11) is 0. The summed E-state index contributed by atoms with van der Waals surface area (Å²) in [6, 6.07) is 0. The van der Waals surface area contributed by atoms with E-state index in [-0.39, 0.29) is 0 Å². The average Bonchev–Trinajstić information content (AvgIpc) is 2.58. The number of amides is 1. The number of carbonyl (C=O) groups is 3. The van der Waals surface area contributed by atoms with Gasteiger partial charge in [-0.2, -0.15) is 0 Å². The van der Waals surface area contributed by atoms with E-state index in [1.807, 2.05) is 0 Å². The summed E-state index contributed by atoms with van der Waals surface area (Å²) < 4.78 is 0. The van der Waals surface area contributed by atoms with Crippen LogP contribution in [0.1, 0.15) is 19.8 Å². The topological polar surface area (TPSA) is 74.7 Å². The van der Waals surface area contributed by atoms with E-state index < -0.39 is 17.2 Å². The van der Waals surface area contributed by atoms with Gasteiger partial charge in [0.1, 0.15) is 0 Å². The van der Waals surface area contributed by atoms with Crippen molar-refractivity contribution in [3.8, 4) is 0 Å². The monoisotopic (exact) mass is 347 g/mol. The average molecular weight is 347 g/mol. The molecule has 1 heterocycles. The highest BCUT2D eigenvalue weighted by atomic mass is 32.2. The summed E-state index contributed by atoms with van der Waals surface area (Å²) in [4.78, 5) is 37.0. The smallest absolute Gasteiger partial charge is 0.233 e. The fraction of sp³-hybridized carbons (Fsp3) is 0.389. The molecule has 0 aromatic heterocycles. The number of hydrogen-bond donors (Lipinski definition) is 1. The molecule has 0 aromatic carbocycles. The Labute approximate surface area is 145 Å². The number of rotatable bonds is 5. The minimum absolute atomic E-state index is 0.368. The van der Waals surface area contributed by atoms with Gasteiger partial charge in [-0.05, 0) is 25.3 Å². The standard InChI is InChI=1S/C18H21NO4S/c1-3-5-14-13(4-2)17(22)15(21)10-16(14)24-11-18(23)6-8-19(12-20)9-7-18/h3-5,10,12,23H,1,6-9,11H2,2H3/b13-4+,14-5+. The van der Waals surface area contributed by atoms with Crippen LogP contribution in [-0.4, -0.2) is 52.4 Å². The molecule has 1 fully saturated rings. The molecular formula is C18H21NO4S. The van der Waals surface area contributed by atoms with E-state index in [0.29, 0.717) is 47.7 Å². The molecule has 6 heteroatoms. The van der Waals surface area contributed by atoms with Gasteiger partial charge in [-0.15, -0.1) is 11.8 Å². The predicted molar refractivity (Wildman–Crippen MR) is 94.4 cm³/mol. The van der Waals surface area contributed by atoms with Crippen molar-refractivity contribution in [3.63, 3.8) is 0 Å². The molecule has 0 saturated carbocycles. The number of nitrogens with zero attached hydrogens (tertiary/aromatic N) is 1. The third kappa shape index (κ3) is 3.94. The first-order valence-corrected chi connectivity index (χ1v) is 8.77. The maximum Gasteiger partial charge on any atom is 0.233 e. The third-order valence-corrected chi connectivity index (χ3v) is 5.56. The predicted octanol–water partition coefficient (Wildman–Crippen LogP) is 1.80. The molecule has 0 spiro atoms. The Kier molecular flexibility index (Phi) is 5.96. The van der Waals surface area contributed by atoms with E-state index in [9.17, 15) is 19.5 Å². The van der Waals surface area contributed by atoms with Gasteiger partial charge in [0, 0.05) is 35.4 Å². The van der Waals surface area contributed by atoms with Crippen LogP contribution >= 0.6 is 11.8 Å². The Morgan fingerprint density at radius 2 is 2.00 bits per heavy atom. The summed E-state index contributed by atoms with van der Waals surface area (Å²) in [5.41, 5.74) is 0.147. The molecule has 0 unspecified atom stereocenters. The van der Waals surface area contributed by atoms with Crippen molar-refractivity contribution in [2.75, 3.05) is 18.8 Å². The summed E-state index contributed by atoms with van der Waals surface area (Å²) in [5.74, 6) is -0.666. The first kappa shape index (κ1) is 18.4. The number of aliphatic hydroxyl groups is 1. The van der Waals surface area contributed by atoms with Crippen molar-refractivity contribution in [1.29, 1.82) is 0 Å². The Morgan fingerprint density at radius 3 is 2.54 bits per heavy atom. The maximum absolute atomic E-state index is 12.0. The lowest BCUT2D eigenvalue weighted by molar-refractivity contribution is -0.131. The SMILES string of the molecule is C=C/C=C1/C(SCC2(O)CCN(C=O)CC2)=CC(=O)C(=O)/C1=C/C. The minimum Gasteiger partial charge on any atom is -0.389 e. The molecule has 1 amide bonds. The molecule has 1 saturated heterocycles. The lowest BCUT2D eigenvalue weighted by atomic mass is 9.92. The molecule has 1 aliphatic carbocycles. The van der Waals surface area contributed by atoms with Gasteiger partial charge in [0.25, 0.3) is 0 Å². The second-order valence-electron chi connectivity index (χ2n) is 5.87. The van der Waals surface area contributed by atoms with Crippen molar-refractivity contribution in [3.05, 3.63) is 46.9 Å². The van der Waals surface area contributed by atoms with Crippen LogP contribution in [0.3, 0.4) is 0 Å². The number of likely N-dealkylation sites (tertiary alicyclic amines) is 1. The molecule has 1 N–H and O–H groups in total. The van der Waals surface area contributed by atoms with Crippen molar-refractivity contribution in [2.24, 2.45) is 0 Å². The van der Waals surface area contributed by atoms with Crippen molar-refractivity contribution < 1.29 is 19.5 Å². The van der Waals surface area contributed by atoms with E-state index in [1.54, 1.807) is 30.1 Å². The zero-order valence-electron chi connectivity index (χ0n) is 13.7. The fourth-order valence-corrected chi connectivity index (χ4v) is 3.98. The van der Waals surface area contributed by atoms with Crippen LogP contribution in [-0.2, 0) is 14.4 Å². The van der Waals surface area contributed by atoms with E-state index in [4.69, 9.17) is 0 Å². The van der Waals surface area contributed by atoms with Gasteiger partial charge in [0.05, 0.1) is 5.60 Å². The van der Waals surface area contributed by atoms with Crippen LogP contribution in [0.15, 0.2) is 46.9 Å². The number of Topliss-reactive ketones (excluding diaryl/α,β-unsaturated/α-hetero) is 1. The highest BCUT2D eigenvalue weighted by molar-refractivity contribution is 8.03. The number of piperidine rings is 1. The zero-order valence-corrected chi connectivity index (χ0v) is 14.5. The molecule has 0 aromatic rings. The third-order valence-electron chi connectivity index (χ3n) is 4.23. The van der Waals surface area contributed by atoms with Crippen LogP contribution in [0.2, 0.25) is 0 Å². The van der Waals surface area contributed by atoms with Crippen LogP contribution in [0.4, 0.5) is 0 Å². The van der Waals surface area contributed by atoms with Crippen molar-refractivity contribution >= 4 is 29.7 Å². The second kappa shape index (κ2) is 7.77. The molecular weight excluding hydrogens is 326 g/mol. The van der Waals surface area contributed by atoms with Crippen LogP contribution in [0.5, 0.6) is 0 Å². The van der Waals surface area contributed by atoms with Crippen LogP contribution in [0, 0.1) is 0 Å². The second-order valence-corrected chi connectivity index (χ2v) is 6.89. The van der Waals surface area contributed by atoms with Gasteiger partial charge in [-0.25, -0.2) is 0 Å². The van der Waals surface area contributed by atoms with Crippen LogP contribution in [0.25, 0.3) is 0 Å². The maximum atomic E-state index is 12.0. The number of hydrogen-bond acceptors (Lipinski definition) is 5. The fourth-order valence-electron chi connectivity index (χ4n) is 2.75. The Balaban J connectivity index is 2.15. The van der Waals surface area contributed by atoms with Gasteiger partial charge in [-0.3, -0.25) is 14.4 Å².